The minimum atomic E-state index is -1.34. The lowest BCUT2D eigenvalue weighted by molar-refractivity contribution is 0.0509. The summed E-state index contributed by atoms with van der Waals surface area (Å²) in [5.74, 6) is -0.440. The summed E-state index contributed by atoms with van der Waals surface area (Å²) in [6.45, 7) is 0. The smallest absolute Gasteiger partial charge is 0.465 e. The summed E-state index contributed by atoms with van der Waals surface area (Å²) in [7, 11) is 1.31. The quantitative estimate of drug-likeness (QED) is 0.856. The maximum atomic E-state index is 11.4. The highest BCUT2D eigenvalue weighted by molar-refractivity contribution is 5.89. The molecule has 2 rings (SSSR count). The van der Waals surface area contributed by atoms with Gasteiger partial charge >= 0.3 is 12.1 Å². The van der Waals surface area contributed by atoms with Gasteiger partial charge in [0.25, 0.3) is 0 Å². The Kier molecular flexibility index (Phi) is 5.14. The zero-order valence-corrected chi connectivity index (χ0v) is 12.1. The second-order valence-electron chi connectivity index (χ2n) is 4.68. The Morgan fingerprint density at radius 2 is 1.68 bits per heavy atom. The highest BCUT2D eigenvalue weighted by atomic mass is 16.7. The number of esters is 1. The Labute approximate surface area is 128 Å². The first-order valence-electron chi connectivity index (χ1n) is 6.72. The molecule has 0 saturated carbocycles. The van der Waals surface area contributed by atoms with E-state index in [-0.39, 0.29) is 0 Å². The van der Waals surface area contributed by atoms with Crippen molar-refractivity contribution in [3.05, 3.63) is 71.3 Å². The predicted octanol–water partition coefficient (Wildman–Crippen LogP) is 3.45. The fraction of sp³-hybridized carbons (Fsp3) is 0.176. The largest absolute Gasteiger partial charge is 0.506 e. The fourth-order valence-corrected chi connectivity index (χ4v) is 2.13. The van der Waals surface area contributed by atoms with Crippen LogP contribution in [0.15, 0.2) is 54.6 Å². The third-order valence-electron chi connectivity index (χ3n) is 3.21. The SMILES string of the molecule is COC(=O)c1ccc(C(Cc2ccccc2)OC(=O)O)cc1. The van der Waals surface area contributed by atoms with Crippen LogP contribution in [0.1, 0.15) is 27.6 Å². The Morgan fingerprint density at radius 3 is 2.23 bits per heavy atom. The maximum absolute atomic E-state index is 11.4. The van der Waals surface area contributed by atoms with Crippen molar-refractivity contribution in [1.82, 2.24) is 0 Å². The van der Waals surface area contributed by atoms with Gasteiger partial charge in [0.1, 0.15) is 6.10 Å². The zero-order chi connectivity index (χ0) is 15.9. The van der Waals surface area contributed by atoms with Crippen molar-refractivity contribution in [3.63, 3.8) is 0 Å². The topological polar surface area (TPSA) is 72.8 Å². The van der Waals surface area contributed by atoms with Crippen molar-refractivity contribution in [3.8, 4) is 0 Å². The van der Waals surface area contributed by atoms with Crippen LogP contribution in [-0.2, 0) is 15.9 Å². The number of hydrogen-bond donors (Lipinski definition) is 1. The van der Waals surface area contributed by atoms with Gasteiger partial charge in [-0.15, -0.1) is 0 Å². The second kappa shape index (κ2) is 7.26. The molecule has 22 heavy (non-hydrogen) atoms. The van der Waals surface area contributed by atoms with Crippen molar-refractivity contribution in [2.75, 3.05) is 7.11 Å². The van der Waals surface area contributed by atoms with Gasteiger partial charge in [0.15, 0.2) is 0 Å². The first kappa shape index (κ1) is 15.6. The molecule has 0 fully saturated rings. The number of benzene rings is 2. The van der Waals surface area contributed by atoms with Crippen LogP contribution in [0.4, 0.5) is 4.79 Å². The lowest BCUT2D eigenvalue weighted by Gasteiger charge is -2.17. The van der Waals surface area contributed by atoms with E-state index in [0.717, 1.165) is 5.56 Å². The standard InChI is InChI=1S/C17H16O5/c1-21-16(18)14-9-7-13(8-10-14)15(22-17(19)20)11-12-5-3-2-4-6-12/h2-10,15H,11H2,1H3,(H,19,20). The number of hydrogen-bond acceptors (Lipinski definition) is 4. The average Bonchev–Trinajstić information content (AvgIpc) is 2.54. The van der Waals surface area contributed by atoms with E-state index in [1.807, 2.05) is 30.3 Å². The summed E-state index contributed by atoms with van der Waals surface area (Å²) >= 11 is 0. The van der Waals surface area contributed by atoms with Crippen LogP contribution in [-0.4, -0.2) is 24.3 Å². The van der Waals surface area contributed by atoms with Crippen LogP contribution < -0.4 is 0 Å². The first-order chi connectivity index (χ1) is 10.6. The summed E-state index contributed by atoms with van der Waals surface area (Å²) in [5.41, 5.74) is 2.05. The molecule has 5 nitrogen and oxygen atoms in total. The number of carbonyl (C=O) groups excluding carboxylic acids is 1. The van der Waals surface area contributed by atoms with E-state index in [1.165, 1.54) is 7.11 Å². The molecule has 0 amide bonds. The van der Waals surface area contributed by atoms with Gasteiger partial charge in [-0.25, -0.2) is 9.59 Å². The molecule has 0 aliphatic carbocycles. The minimum absolute atomic E-state index is 0.403. The Hall–Kier alpha value is -2.82. The van der Waals surface area contributed by atoms with Crippen LogP contribution in [0, 0.1) is 0 Å². The molecule has 1 atom stereocenters. The highest BCUT2D eigenvalue weighted by Crippen LogP contribution is 2.23. The Bertz CT molecular complexity index is 634. The maximum Gasteiger partial charge on any atom is 0.506 e. The molecule has 0 spiro atoms. The molecule has 114 valence electrons. The van der Waals surface area contributed by atoms with Crippen molar-refractivity contribution in [2.24, 2.45) is 0 Å². The minimum Gasteiger partial charge on any atom is -0.465 e. The van der Waals surface area contributed by atoms with E-state index in [9.17, 15) is 9.59 Å². The van der Waals surface area contributed by atoms with Crippen molar-refractivity contribution in [1.29, 1.82) is 0 Å². The van der Waals surface area contributed by atoms with Crippen LogP contribution in [0.3, 0.4) is 0 Å². The molecule has 0 aliphatic heterocycles. The summed E-state index contributed by atoms with van der Waals surface area (Å²) < 4.78 is 9.60. The monoisotopic (exact) mass is 300 g/mol. The molecule has 0 bridgehead atoms. The average molecular weight is 300 g/mol. The van der Waals surface area contributed by atoms with Gasteiger partial charge in [-0.2, -0.15) is 0 Å². The molecule has 2 aromatic rings. The summed E-state index contributed by atoms with van der Waals surface area (Å²) in [6.07, 6.45) is -1.55. The van der Waals surface area contributed by atoms with Crippen molar-refractivity contribution < 1.29 is 24.2 Å². The first-order valence-corrected chi connectivity index (χ1v) is 6.72. The molecular weight excluding hydrogens is 284 g/mol. The zero-order valence-electron chi connectivity index (χ0n) is 12.1. The van der Waals surface area contributed by atoms with Crippen LogP contribution in [0.5, 0.6) is 0 Å². The number of ether oxygens (including phenoxy) is 2. The molecule has 1 unspecified atom stereocenters. The summed E-state index contributed by atoms with van der Waals surface area (Å²) in [6, 6.07) is 16.0. The van der Waals surface area contributed by atoms with Gasteiger partial charge < -0.3 is 14.6 Å². The van der Waals surface area contributed by atoms with E-state index >= 15 is 0 Å². The van der Waals surface area contributed by atoms with Crippen LogP contribution in [0.25, 0.3) is 0 Å². The summed E-state index contributed by atoms with van der Waals surface area (Å²) in [4.78, 5) is 22.3. The molecule has 0 radical (unpaired) electrons. The van der Waals surface area contributed by atoms with E-state index in [1.54, 1.807) is 24.3 Å². The van der Waals surface area contributed by atoms with Gasteiger partial charge in [0.05, 0.1) is 12.7 Å². The van der Waals surface area contributed by atoms with Crippen molar-refractivity contribution >= 4 is 12.1 Å². The Morgan fingerprint density at radius 1 is 1.05 bits per heavy atom. The van der Waals surface area contributed by atoms with Gasteiger partial charge in [0, 0.05) is 6.42 Å². The second-order valence-corrected chi connectivity index (χ2v) is 4.68. The van der Waals surface area contributed by atoms with Gasteiger partial charge in [-0.3, -0.25) is 0 Å². The molecule has 1 N–H and O–H groups in total. The lowest BCUT2D eigenvalue weighted by Crippen LogP contribution is -2.12. The number of rotatable bonds is 5. The third kappa shape index (κ3) is 4.09. The van der Waals surface area contributed by atoms with E-state index in [0.29, 0.717) is 17.5 Å². The molecular formula is C17H16O5. The lowest BCUT2D eigenvalue weighted by atomic mass is 10.00. The van der Waals surface area contributed by atoms with E-state index in [2.05, 4.69) is 4.74 Å². The molecule has 0 saturated heterocycles. The van der Waals surface area contributed by atoms with Gasteiger partial charge in [-0.1, -0.05) is 42.5 Å². The van der Waals surface area contributed by atoms with E-state index < -0.39 is 18.2 Å². The number of methoxy groups -OCH3 is 1. The van der Waals surface area contributed by atoms with Gasteiger partial charge in [-0.05, 0) is 23.3 Å². The molecule has 0 aliphatic rings. The third-order valence-corrected chi connectivity index (χ3v) is 3.21. The summed E-state index contributed by atoms with van der Waals surface area (Å²) in [5, 5.41) is 8.91. The normalized spacial score (nSPS) is 11.5. The number of carboxylic acid groups (broad SMARTS) is 1. The van der Waals surface area contributed by atoms with E-state index in [4.69, 9.17) is 9.84 Å². The van der Waals surface area contributed by atoms with Gasteiger partial charge in [0.2, 0.25) is 0 Å². The highest BCUT2D eigenvalue weighted by Gasteiger charge is 2.17. The molecule has 5 heteroatoms. The molecule has 2 aromatic carbocycles. The van der Waals surface area contributed by atoms with Crippen LogP contribution >= 0.6 is 0 Å². The number of carbonyl (C=O) groups is 2. The fourth-order valence-electron chi connectivity index (χ4n) is 2.13. The predicted molar refractivity (Wildman–Crippen MR) is 79.8 cm³/mol. The van der Waals surface area contributed by atoms with Crippen molar-refractivity contribution in [2.45, 2.75) is 12.5 Å². The Balaban J connectivity index is 2.21. The van der Waals surface area contributed by atoms with Crippen LogP contribution in [0.2, 0.25) is 0 Å². The molecule has 0 aromatic heterocycles. The molecule has 0 heterocycles.